The number of nitrogens with zero attached hydrogens (tertiary/aromatic N) is 4. The number of nitrogen functional groups attached to an aromatic ring is 1. The van der Waals surface area contributed by atoms with Gasteiger partial charge in [0.05, 0.1) is 0 Å². The second-order valence-electron chi connectivity index (χ2n) is 5.62. The molecule has 0 unspecified atom stereocenters. The van der Waals surface area contributed by atoms with Crippen molar-refractivity contribution in [3.8, 4) is 11.1 Å². The van der Waals surface area contributed by atoms with Crippen LogP contribution in [0.5, 0.6) is 0 Å². The third kappa shape index (κ3) is 2.05. The van der Waals surface area contributed by atoms with Gasteiger partial charge in [0.15, 0.2) is 0 Å². The normalized spacial score (nSPS) is 15.8. The topological polar surface area (TPSA) is 69.6 Å². The van der Waals surface area contributed by atoms with Crippen LogP contribution >= 0.6 is 0 Å². The minimum absolute atomic E-state index is 0.537. The first kappa shape index (κ1) is 12.3. The zero-order valence-corrected chi connectivity index (χ0v) is 11.7. The third-order valence-corrected chi connectivity index (χ3v) is 4.31. The quantitative estimate of drug-likeness (QED) is 0.782. The summed E-state index contributed by atoms with van der Waals surface area (Å²) in [5.41, 5.74) is 8.88. The van der Waals surface area contributed by atoms with E-state index in [0.717, 1.165) is 22.2 Å². The van der Waals surface area contributed by atoms with Crippen LogP contribution in [0.4, 0.5) is 5.82 Å². The van der Waals surface area contributed by atoms with E-state index < -0.39 is 0 Å². The Morgan fingerprint density at radius 3 is 2.71 bits per heavy atom. The fourth-order valence-electron chi connectivity index (χ4n) is 3.24. The minimum Gasteiger partial charge on any atom is -0.384 e. The van der Waals surface area contributed by atoms with Crippen LogP contribution in [0, 0.1) is 0 Å². The molecule has 0 radical (unpaired) electrons. The van der Waals surface area contributed by atoms with Gasteiger partial charge in [-0.2, -0.15) is 0 Å². The molecule has 1 fully saturated rings. The van der Waals surface area contributed by atoms with Crippen LogP contribution in [0.1, 0.15) is 31.7 Å². The lowest BCUT2D eigenvalue weighted by atomic mass is 10.1. The maximum absolute atomic E-state index is 5.68. The molecule has 1 saturated carbocycles. The summed E-state index contributed by atoms with van der Waals surface area (Å²) >= 11 is 0. The lowest BCUT2D eigenvalue weighted by Gasteiger charge is -2.11. The second-order valence-corrected chi connectivity index (χ2v) is 5.62. The van der Waals surface area contributed by atoms with E-state index in [0.29, 0.717) is 11.9 Å². The predicted octanol–water partition coefficient (Wildman–Crippen LogP) is 3.19. The summed E-state index contributed by atoms with van der Waals surface area (Å²) in [5.74, 6) is 0.537. The van der Waals surface area contributed by atoms with Gasteiger partial charge in [-0.05, 0) is 25.0 Å². The Bertz CT molecular complexity index is 769. The van der Waals surface area contributed by atoms with Gasteiger partial charge in [-0.3, -0.25) is 0 Å². The fourth-order valence-corrected chi connectivity index (χ4v) is 3.24. The number of aromatic nitrogens is 4. The van der Waals surface area contributed by atoms with Crippen molar-refractivity contribution in [3.05, 3.63) is 37.1 Å². The van der Waals surface area contributed by atoms with Crippen LogP contribution in [0.25, 0.3) is 22.2 Å². The summed E-state index contributed by atoms with van der Waals surface area (Å²) in [6, 6.07) is 4.39. The summed E-state index contributed by atoms with van der Waals surface area (Å²) in [6.07, 6.45) is 12.6. The Hall–Kier alpha value is -2.43. The van der Waals surface area contributed by atoms with Gasteiger partial charge in [0.25, 0.3) is 0 Å². The van der Waals surface area contributed by atoms with Crippen LogP contribution in [0.3, 0.4) is 0 Å². The van der Waals surface area contributed by atoms with Crippen molar-refractivity contribution in [2.75, 3.05) is 5.73 Å². The number of rotatable bonds is 2. The summed E-state index contributed by atoms with van der Waals surface area (Å²) in [7, 11) is 0. The molecule has 0 spiro atoms. The Morgan fingerprint density at radius 1 is 1.10 bits per heavy atom. The van der Waals surface area contributed by atoms with Gasteiger partial charge in [-0.1, -0.05) is 12.8 Å². The minimum atomic E-state index is 0.537. The van der Waals surface area contributed by atoms with E-state index >= 15 is 0 Å². The maximum Gasteiger partial charge on any atom is 0.144 e. The summed E-state index contributed by atoms with van der Waals surface area (Å²) in [5, 5.41) is 1.08. The molecule has 21 heavy (non-hydrogen) atoms. The Kier molecular flexibility index (Phi) is 2.84. The van der Waals surface area contributed by atoms with Crippen molar-refractivity contribution in [2.45, 2.75) is 31.7 Å². The van der Waals surface area contributed by atoms with Crippen LogP contribution in [0.15, 0.2) is 37.1 Å². The number of nitrogens with two attached hydrogens (primary N) is 1. The lowest BCUT2D eigenvalue weighted by molar-refractivity contribution is 0.532. The highest BCUT2D eigenvalue weighted by Gasteiger charge is 2.21. The van der Waals surface area contributed by atoms with Crippen LogP contribution in [0.2, 0.25) is 0 Å². The average Bonchev–Trinajstić information content (AvgIpc) is 3.15. The number of hydrogen-bond donors (Lipinski definition) is 1. The fraction of sp³-hybridized carbons (Fsp3) is 0.312. The molecular weight excluding hydrogens is 262 g/mol. The van der Waals surface area contributed by atoms with Gasteiger partial charge in [0.1, 0.15) is 17.8 Å². The van der Waals surface area contributed by atoms with E-state index in [9.17, 15) is 0 Å². The summed E-state index contributed by atoms with van der Waals surface area (Å²) in [6.45, 7) is 0. The average molecular weight is 279 g/mol. The van der Waals surface area contributed by atoms with Gasteiger partial charge in [-0.15, -0.1) is 0 Å². The Morgan fingerprint density at radius 2 is 1.95 bits per heavy atom. The highest BCUT2D eigenvalue weighted by Crippen LogP contribution is 2.36. The lowest BCUT2D eigenvalue weighted by Crippen LogP contribution is -2.03. The molecule has 3 aromatic heterocycles. The van der Waals surface area contributed by atoms with E-state index in [4.69, 9.17) is 5.73 Å². The highest BCUT2D eigenvalue weighted by molar-refractivity contribution is 5.93. The van der Waals surface area contributed by atoms with Crippen molar-refractivity contribution in [3.63, 3.8) is 0 Å². The zero-order valence-electron chi connectivity index (χ0n) is 11.7. The molecule has 3 aromatic rings. The highest BCUT2D eigenvalue weighted by atomic mass is 15.1. The zero-order chi connectivity index (χ0) is 14.2. The molecule has 0 aromatic carbocycles. The largest absolute Gasteiger partial charge is 0.384 e. The number of fused-ring (bicyclic) bond motifs is 1. The molecule has 5 nitrogen and oxygen atoms in total. The first-order chi connectivity index (χ1) is 10.3. The molecule has 0 bridgehead atoms. The summed E-state index contributed by atoms with van der Waals surface area (Å²) < 4.78 is 2.32. The molecule has 3 heterocycles. The monoisotopic (exact) mass is 279 g/mol. The van der Waals surface area contributed by atoms with E-state index in [1.54, 1.807) is 6.33 Å². The standard InChI is InChI=1S/C16H17N5/c17-15-6-5-11(7-19-15)14-9-21(12-3-1-2-4-12)16-13(14)8-18-10-20-16/h5-10,12H,1-4H2,(H2,17,19). The Labute approximate surface area is 122 Å². The third-order valence-electron chi connectivity index (χ3n) is 4.31. The van der Waals surface area contributed by atoms with E-state index in [1.165, 1.54) is 25.7 Å². The molecule has 2 N–H and O–H groups in total. The van der Waals surface area contributed by atoms with Gasteiger partial charge in [-0.25, -0.2) is 15.0 Å². The molecule has 0 aliphatic heterocycles. The molecule has 1 aliphatic rings. The van der Waals surface area contributed by atoms with Crippen molar-refractivity contribution in [1.82, 2.24) is 19.5 Å². The van der Waals surface area contributed by atoms with Crippen molar-refractivity contribution >= 4 is 16.9 Å². The van der Waals surface area contributed by atoms with Crippen molar-refractivity contribution < 1.29 is 0 Å². The maximum atomic E-state index is 5.68. The van der Waals surface area contributed by atoms with Gasteiger partial charge in [0.2, 0.25) is 0 Å². The predicted molar refractivity (Wildman–Crippen MR) is 82.7 cm³/mol. The molecule has 0 atom stereocenters. The Balaban J connectivity index is 1.90. The van der Waals surface area contributed by atoms with Crippen LogP contribution in [-0.4, -0.2) is 19.5 Å². The molecule has 0 saturated heterocycles. The molecule has 1 aliphatic carbocycles. The number of anilines is 1. The molecular formula is C16H17N5. The smallest absolute Gasteiger partial charge is 0.144 e. The SMILES string of the molecule is Nc1ccc(-c2cn(C3CCCC3)c3ncncc23)cn1. The van der Waals surface area contributed by atoms with Gasteiger partial charge < -0.3 is 10.3 Å². The second kappa shape index (κ2) is 4.84. The van der Waals surface area contributed by atoms with E-state index in [2.05, 4.69) is 25.7 Å². The molecule has 4 rings (SSSR count). The first-order valence-electron chi connectivity index (χ1n) is 7.35. The molecule has 5 heteroatoms. The number of pyridine rings is 1. The van der Waals surface area contributed by atoms with Gasteiger partial charge >= 0.3 is 0 Å². The van der Waals surface area contributed by atoms with E-state index in [1.807, 2.05) is 24.5 Å². The molecule has 0 amide bonds. The van der Waals surface area contributed by atoms with E-state index in [-0.39, 0.29) is 0 Å². The van der Waals surface area contributed by atoms with Crippen LogP contribution < -0.4 is 5.73 Å². The van der Waals surface area contributed by atoms with Crippen molar-refractivity contribution in [2.24, 2.45) is 0 Å². The van der Waals surface area contributed by atoms with Crippen molar-refractivity contribution in [1.29, 1.82) is 0 Å². The number of hydrogen-bond acceptors (Lipinski definition) is 4. The van der Waals surface area contributed by atoms with Gasteiger partial charge in [0, 0.05) is 41.1 Å². The summed E-state index contributed by atoms with van der Waals surface area (Å²) in [4.78, 5) is 12.9. The first-order valence-corrected chi connectivity index (χ1v) is 7.35. The van der Waals surface area contributed by atoms with Crippen LogP contribution in [-0.2, 0) is 0 Å². The molecule has 106 valence electrons.